The number of para-hydroxylation sites is 2. The second-order valence-corrected chi connectivity index (χ2v) is 6.43. The number of rotatable bonds is 6. The summed E-state index contributed by atoms with van der Waals surface area (Å²) in [5, 5.41) is 3.63. The minimum Gasteiger partial charge on any atom is -0.450 e. The molecule has 136 valence electrons. The lowest BCUT2D eigenvalue weighted by atomic mass is 10.1. The number of nitrogens with zero attached hydrogens (tertiary/aromatic N) is 3. The van der Waals surface area contributed by atoms with E-state index in [4.69, 9.17) is 9.72 Å². The minimum atomic E-state index is -0.183. The molecule has 25 heavy (non-hydrogen) atoms. The highest BCUT2D eigenvalue weighted by molar-refractivity contribution is 5.75. The van der Waals surface area contributed by atoms with Crippen LogP contribution in [0.3, 0.4) is 0 Å². The monoisotopic (exact) mass is 344 g/mol. The van der Waals surface area contributed by atoms with Crippen LogP contribution in [0.25, 0.3) is 11.0 Å². The van der Waals surface area contributed by atoms with Gasteiger partial charge in [-0.2, -0.15) is 0 Å². The van der Waals surface area contributed by atoms with Gasteiger partial charge in [0, 0.05) is 38.6 Å². The van der Waals surface area contributed by atoms with Crippen molar-refractivity contribution >= 4 is 17.1 Å². The smallest absolute Gasteiger partial charge is 0.409 e. The van der Waals surface area contributed by atoms with E-state index in [0.717, 1.165) is 56.8 Å². The van der Waals surface area contributed by atoms with Crippen LogP contribution in [0, 0.1) is 0 Å². The predicted molar refractivity (Wildman–Crippen MR) is 98.7 cm³/mol. The van der Waals surface area contributed by atoms with Gasteiger partial charge in [-0.3, -0.25) is 0 Å². The molecular weight excluding hydrogens is 316 g/mol. The van der Waals surface area contributed by atoms with Crippen molar-refractivity contribution in [3.63, 3.8) is 0 Å². The number of imidazole rings is 1. The van der Waals surface area contributed by atoms with E-state index in [1.807, 2.05) is 13.0 Å². The molecular formula is C19H28N4O2. The number of ether oxygens (including phenoxy) is 1. The number of hydrogen-bond donors (Lipinski definition) is 1. The number of amides is 1. The molecule has 1 amide bonds. The first-order valence-electron chi connectivity index (χ1n) is 9.32. The first kappa shape index (κ1) is 17.7. The summed E-state index contributed by atoms with van der Waals surface area (Å²) in [5.74, 6) is 1.14. The molecule has 1 N–H and O–H groups in total. The molecule has 1 aromatic carbocycles. The zero-order chi connectivity index (χ0) is 17.6. The van der Waals surface area contributed by atoms with Gasteiger partial charge in [-0.1, -0.05) is 12.1 Å². The first-order valence-corrected chi connectivity index (χ1v) is 9.32. The fraction of sp³-hybridized carbons (Fsp3) is 0.579. The van der Waals surface area contributed by atoms with E-state index in [-0.39, 0.29) is 6.09 Å². The van der Waals surface area contributed by atoms with E-state index in [1.54, 1.807) is 4.90 Å². The molecule has 2 aromatic rings. The zero-order valence-electron chi connectivity index (χ0n) is 15.2. The van der Waals surface area contributed by atoms with E-state index in [2.05, 4.69) is 35.0 Å². The van der Waals surface area contributed by atoms with Crippen LogP contribution in [-0.4, -0.2) is 52.8 Å². The summed E-state index contributed by atoms with van der Waals surface area (Å²) in [6, 6.07) is 8.77. The van der Waals surface area contributed by atoms with Crippen LogP contribution in [0.5, 0.6) is 0 Å². The van der Waals surface area contributed by atoms with Gasteiger partial charge in [-0.05, 0) is 38.8 Å². The SMILES string of the molecule is CCOC(=O)N1CCC(NCCc2nc3ccccc3n2CC)CC1. The molecule has 1 aromatic heterocycles. The molecule has 2 heterocycles. The van der Waals surface area contributed by atoms with Crippen LogP contribution < -0.4 is 5.32 Å². The number of carbonyl (C=O) groups excluding carboxylic acids is 1. The Kier molecular flexibility index (Phi) is 5.91. The summed E-state index contributed by atoms with van der Waals surface area (Å²) >= 11 is 0. The second-order valence-electron chi connectivity index (χ2n) is 6.43. The molecule has 0 unspecified atom stereocenters. The number of benzene rings is 1. The first-order chi connectivity index (χ1) is 12.2. The topological polar surface area (TPSA) is 59.4 Å². The van der Waals surface area contributed by atoms with Gasteiger partial charge in [-0.25, -0.2) is 9.78 Å². The number of hydrogen-bond acceptors (Lipinski definition) is 4. The molecule has 1 saturated heterocycles. The van der Waals surface area contributed by atoms with Crippen LogP contribution in [0.1, 0.15) is 32.5 Å². The Labute approximate surface area is 149 Å². The molecule has 0 aliphatic carbocycles. The third-order valence-corrected chi connectivity index (χ3v) is 4.85. The van der Waals surface area contributed by atoms with E-state index in [1.165, 1.54) is 5.52 Å². The van der Waals surface area contributed by atoms with Crippen LogP contribution in [-0.2, 0) is 17.7 Å². The van der Waals surface area contributed by atoms with Crippen molar-refractivity contribution in [1.29, 1.82) is 0 Å². The lowest BCUT2D eigenvalue weighted by Gasteiger charge is -2.31. The van der Waals surface area contributed by atoms with Crippen molar-refractivity contribution < 1.29 is 9.53 Å². The quantitative estimate of drug-likeness (QED) is 0.875. The van der Waals surface area contributed by atoms with Crippen molar-refractivity contribution in [2.24, 2.45) is 0 Å². The summed E-state index contributed by atoms with van der Waals surface area (Å²) in [6.07, 6.45) is 2.68. The maximum Gasteiger partial charge on any atom is 0.409 e. The lowest BCUT2D eigenvalue weighted by molar-refractivity contribution is 0.0951. The standard InChI is InChI=1S/C19H28N4O2/c1-3-23-17-8-6-5-7-16(17)21-18(23)9-12-20-15-10-13-22(14-11-15)19(24)25-4-2/h5-8,15,20H,3-4,9-14H2,1-2H3. The highest BCUT2D eigenvalue weighted by Crippen LogP contribution is 2.16. The lowest BCUT2D eigenvalue weighted by Crippen LogP contribution is -2.45. The Bertz CT molecular complexity index is 705. The molecule has 1 aliphatic heterocycles. The Hall–Kier alpha value is -2.08. The molecule has 6 nitrogen and oxygen atoms in total. The molecule has 3 rings (SSSR count). The maximum atomic E-state index is 11.7. The van der Waals surface area contributed by atoms with Crippen LogP contribution in [0.4, 0.5) is 4.79 Å². The summed E-state index contributed by atoms with van der Waals surface area (Å²) in [5.41, 5.74) is 2.28. The molecule has 6 heteroatoms. The highest BCUT2D eigenvalue weighted by Gasteiger charge is 2.23. The summed E-state index contributed by atoms with van der Waals surface area (Å²) in [7, 11) is 0. The Morgan fingerprint density at radius 2 is 2.04 bits per heavy atom. The van der Waals surface area contributed by atoms with Gasteiger partial charge < -0.3 is 19.5 Å². The average Bonchev–Trinajstić information content (AvgIpc) is 3.00. The fourth-order valence-electron chi connectivity index (χ4n) is 3.54. The molecule has 0 atom stereocenters. The molecule has 0 bridgehead atoms. The van der Waals surface area contributed by atoms with Crippen molar-refractivity contribution in [2.45, 2.75) is 45.7 Å². The van der Waals surface area contributed by atoms with Gasteiger partial charge in [0.05, 0.1) is 17.6 Å². The number of carbonyl (C=O) groups is 1. The van der Waals surface area contributed by atoms with Crippen LogP contribution in [0.15, 0.2) is 24.3 Å². The van der Waals surface area contributed by atoms with E-state index >= 15 is 0 Å². The molecule has 0 radical (unpaired) electrons. The Morgan fingerprint density at radius 3 is 2.76 bits per heavy atom. The second kappa shape index (κ2) is 8.34. The summed E-state index contributed by atoms with van der Waals surface area (Å²) in [6.45, 7) is 7.83. The van der Waals surface area contributed by atoms with Crippen molar-refractivity contribution in [2.75, 3.05) is 26.2 Å². The van der Waals surface area contributed by atoms with E-state index in [0.29, 0.717) is 12.6 Å². The largest absolute Gasteiger partial charge is 0.450 e. The minimum absolute atomic E-state index is 0.183. The van der Waals surface area contributed by atoms with Gasteiger partial charge in [0.2, 0.25) is 0 Å². The highest BCUT2D eigenvalue weighted by atomic mass is 16.6. The van der Waals surface area contributed by atoms with Crippen molar-refractivity contribution in [3.05, 3.63) is 30.1 Å². The molecule has 0 saturated carbocycles. The van der Waals surface area contributed by atoms with Gasteiger partial charge in [0.25, 0.3) is 0 Å². The summed E-state index contributed by atoms with van der Waals surface area (Å²) < 4.78 is 7.36. The van der Waals surface area contributed by atoms with Crippen LogP contribution >= 0.6 is 0 Å². The predicted octanol–water partition coefficient (Wildman–Crippen LogP) is 2.81. The number of nitrogens with one attached hydrogen (secondary N) is 1. The van der Waals surface area contributed by atoms with Crippen molar-refractivity contribution in [1.82, 2.24) is 19.8 Å². The van der Waals surface area contributed by atoms with Gasteiger partial charge >= 0.3 is 6.09 Å². The van der Waals surface area contributed by atoms with Gasteiger partial charge in [0.1, 0.15) is 5.82 Å². The molecule has 0 spiro atoms. The number of likely N-dealkylation sites (tertiary alicyclic amines) is 1. The fourth-order valence-corrected chi connectivity index (χ4v) is 3.54. The third kappa shape index (κ3) is 4.12. The number of piperidine rings is 1. The average molecular weight is 344 g/mol. The number of aryl methyl sites for hydroxylation is 1. The van der Waals surface area contributed by atoms with Gasteiger partial charge in [-0.15, -0.1) is 0 Å². The molecule has 1 fully saturated rings. The van der Waals surface area contributed by atoms with Crippen molar-refractivity contribution in [3.8, 4) is 0 Å². The normalized spacial score (nSPS) is 15.7. The number of aromatic nitrogens is 2. The zero-order valence-corrected chi connectivity index (χ0v) is 15.2. The van der Waals surface area contributed by atoms with Gasteiger partial charge in [0.15, 0.2) is 0 Å². The van der Waals surface area contributed by atoms with E-state index < -0.39 is 0 Å². The van der Waals surface area contributed by atoms with E-state index in [9.17, 15) is 4.79 Å². The number of fused-ring (bicyclic) bond motifs is 1. The maximum absolute atomic E-state index is 11.7. The summed E-state index contributed by atoms with van der Waals surface area (Å²) in [4.78, 5) is 18.3. The third-order valence-electron chi connectivity index (χ3n) is 4.85. The Morgan fingerprint density at radius 1 is 1.28 bits per heavy atom. The molecule has 1 aliphatic rings. The van der Waals surface area contributed by atoms with Crippen LogP contribution in [0.2, 0.25) is 0 Å². The Balaban J connectivity index is 1.49.